The predicted molar refractivity (Wildman–Crippen MR) is 76.6 cm³/mol. The molecule has 0 bridgehead atoms. The van der Waals surface area contributed by atoms with Crippen LogP contribution in [-0.4, -0.2) is 22.5 Å². The third-order valence-corrected chi connectivity index (χ3v) is 3.74. The van der Waals surface area contributed by atoms with Crippen LogP contribution >= 0.6 is 0 Å². The van der Waals surface area contributed by atoms with Gasteiger partial charge in [-0.1, -0.05) is 24.3 Å². The van der Waals surface area contributed by atoms with Crippen LogP contribution in [0, 0.1) is 0 Å². The van der Waals surface area contributed by atoms with Crippen molar-refractivity contribution in [1.29, 1.82) is 0 Å². The van der Waals surface area contributed by atoms with Gasteiger partial charge in [0.05, 0.1) is 12.3 Å². The van der Waals surface area contributed by atoms with Crippen LogP contribution in [0.1, 0.15) is 50.2 Å². The number of amides is 1. The average molecular weight is 275 g/mol. The molecule has 1 aliphatic carbocycles. The van der Waals surface area contributed by atoms with Gasteiger partial charge in [-0.05, 0) is 44.2 Å². The average Bonchev–Trinajstić information content (AvgIpc) is 2.35. The SMILES string of the molecule is CC(C)(CC(=O)O)NC(=O)C1CCCc2ccccc21. The molecule has 1 amide bonds. The summed E-state index contributed by atoms with van der Waals surface area (Å²) in [5.41, 5.74) is 1.59. The van der Waals surface area contributed by atoms with Crippen molar-refractivity contribution in [3.05, 3.63) is 35.4 Å². The summed E-state index contributed by atoms with van der Waals surface area (Å²) in [5.74, 6) is -1.13. The molecule has 0 spiro atoms. The van der Waals surface area contributed by atoms with Crippen LogP contribution in [0.4, 0.5) is 0 Å². The van der Waals surface area contributed by atoms with Gasteiger partial charge in [-0.2, -0.15) is 0 Å². The Hall–Kier alpha value is -1.84. The van der Waals surface area contributed by atoms with E-state index >= 15 is 0 Å². The molecular weight excluding hydrogens is 254 g/mol. The van der Waals surface area contributed by atoms with E-state index in [1.54, 1.807) is 13.8 Å². The molecule has 108 valence electrons. The van der Waals surface area contributed by atoms with E-state index in [-0.39, 0.29) is 18.2 Å². The Morgan fingerprint density at radius 2 is 2.05 bits per heavy atom. The van der Waals surface area contributed by atoms with Crippen molar-refractivity contribution in [1.82, 2.24) is 5.32 Å². The molecule has 4 heteroatoms. The monoisotopic (exact) mass is 275 g/mol. The molecule has 0 fully saturated rings. The number of carboxylic acid groups (broad SMARTS) is 1. The zero-order valence-corrected chi connectivity index (χ0v) is 12.0. The number of carbonyl (C=O) groups excluding carboxylic acids is 1. The zero-order valence-electron chi connectivity index (χ0n) is 12.0. The second kappa shape index (κ2) is 5.65. The number of rotatable bonds is 4. The van der Waals surface area contributed by atoms with E-state index in [1.807, 2.05) is 18.2 Å². The number of hydrogen-bond acceptors (Lipinski definition) is 2. The quantitative estimate of drug-likeness (QED) is 0.887. The maximum atomic E-state index is 12.5. The highest BCUT2D eigenvalue weighted by atomic mass is 16.4. The van der Waals surface area contributed by atoms with Crippen LogP contribution in [0.5, 0.6) is 0 Å². The van der Waals surface area contributed by atoms with Crippen LogP contribution < -0.4 is 5.32 Å². The van der Waals surface area contributed by atoms with Gasteiger partial charge < -0.3 is 10.4 Å². The lowest BCUT2D eigenvalue weighted by Gasteiger charge is -2.30. The molecule has 0 heterocycles. The fourth-order valence-electron chi connectivity index (χ4n) is 2.87. The van der Waals surface area contributed by atoms with E-state index in [2.05, 4.69) is 11.4 Å². The van der Waals surface area contributed by atoms with E-state index < -0.39 is 11.5 Å². The molecule has 1 aliphatic rings. The molecule has 2 N–H and O–H groups in total. The minimum atomic E-state index is -0.903. The van der Waals surface area contributed by atoms with Gasteiger partial charge in [-0.3, -0.25) is 9.59 Å². The first kappa shape index (κ1) is 14.6. The van der Waals surface area contributed by atoms with Gasteiger partial charge in [-0.15, -0.1) is 0 Å². The van der Waals surface area contributed by atoms with Gasteiger partial charge in [0.2, 0.25) is 5.91 Å². The molecule has 0 aromatic heterocycles. The first-order valence-corrected chi connectivity index (χ1v) is 7.01. The van der Waals surface area contributed by atoms with Crippen LogP contribution in [0.2, 0.25) is 0 Å². The fourth-order valence-corrected chi connectivity index (χ4v) is 2.87. The van der Waals surface area contributed by atoms with E-state index in [9.17, 15) is 9.59 Å². The van der Waals surface area contributed by atoms with Crippen molar-refractivity contribution in [3.8, 4) is 0 Å². The van der Waals surface area contributed by atoms with Crippen LogP contribution in [0.3, 0.4) is 0 Å². The topological polar surface area (TPSA) is 66.4 Å². The fraction of sp³-hybridized carbons (Fsp3) is 0.500. The maximum absolute atomic E-state index is 12.5. The summed E-state index contributed by atoms with van der Waals surface area (Å²) in [4.78, 5) is 23.3. The summed E-state index contributed by atoms with van der Waals surface area (Å²) in [5, 5.41) is 11.8. The molecule has 2 rings (SSSR count). The molecule has 0 saturated heterocycles. The van der Waals surface area contributed by atoms with E-state index in [0.717, 1.165) is 24.8 Å². The lowest BCUT2D eigenvalue weighted by molar-refractivity contribution is -0.138. The Kier molecular flexibility index (Phi) is 4.12. The second-order valence-corrected chi connectivity index (χ2v) is 6.09. The van der Waals surface area contributed by atoms with Gasteiger partial charge in [-0.25, -0.2) is 0 Å². The number of aryl methyl sites for hydroxylation is 1. The molecule has 0 radical (unpaired) electrons. The first-order valence-electron chi connectivity index (χ1n) is 7.01. The number of benzene rings is 1. The number of fused-ring (bicyclic) bond motifs is 1. The molecule has 0 saturated carbocycles. The van der Waals surface area contributed by atoms with Crippen molar-refractivity contribution in [3.63, 3.8) is 0 Å². The summed E-state index contributed by atoms with van der Waals surface area (Å²) < 4.78 is 0. The van der Waals surface area contributed by atoms with E-state index in [0.29, 0.717) is 0 Å². The van der Waals surface area contributed by atoms with E-state index in [1.165, 1.54) is 5.56 Å². The number of carboxylic acids is 1. The standard InChI is InChI=1S/C16H21NO3/c1-16(2,10-14(18)19)17-15(20)13-9-5-7-11-6-3-4-8-12(11)13/h3-4,6,8,13H,5,7,9-10H2,1-2H3,(H,17,20)(H,18,19). The van der Waals surface area contributed by atoms with Crippen molar-refractivity contribution in [2.24, 2.45) is 0 Å². The van der Waals surface area contributed by atoms with Gasteiger partial charge in [0, 0.05) is 5.54 Å². The largest absolute Gasteiger partial charge is 0.481 e. The predicted octanol–water partition coefficient (Wildman–Crippen LogP) is 2.48. The van der Waals surface area contributed by atoms with Gasteiger partial charge in [0.1, 0.15) is 0 Å². The highest BCUT2D eigenvalue weighted by molar-refractivity contribution is 5.85. The molecule has 1 unspecified atom stereocenters. The number of hydrogen-bond donors (Lipinski definition) is 2. The molecule has 1 atom stereocenters. The van der Waals surface area contributed by atoms with Crippen molar-refractivity contribution in [2.45, 2.75) is 51.0 Å². The molecular formula is C16H21NO3. The second-order valence-electron chi connectivity index (χ2n) is 6.09. The van der Waals surface area contributed by atoms with E-state index in [4.69, 9.17) is 5.11 Å². The highest BCUT2D eigenvalue weighted by Crippen LogP contribution is 2.32. The van der Waals surface area contributed by atoms with Crippen LogP contribution in [0.15, 0.2) is 24.3 Å². The summed E-state index contributed by atoms with van der Waals surface area (Å²) in [6, 6.07) is 8.01. The third kappa shape index (κ3) is 3.38. The van der Waals surface area contributed by atoms with Crippen LogP contribution in [0.25, 0.3) is 0 Å². The van der Waals surface area contributed by atoms with Crippen molar-refractivity contribution in [2.75, 3.05) is 0 Å². The van der Waals surface area contributed by atoms with Crippen molar-refractivity contribution < 1.29 is 14.7 Å². The van der Waals surface area contributed by atoms with Gasteiger partial charge in [0.25, 0.3) is 0 Å². The lowest BCUT2D eigenvalue weighted by atomic mass is 9.82. The molecule has 1 aromatic carbocycles. The normalized spacial score (nSPS) is 18.2. The third-order valence-electron chi connectivity index (χ3n) is 3.74. The summed E-state index contributed by atoms with van der Waals surface area (Å²) >= 11 is 0. The van der Waals surface area contributed by atoms with Crippen LogP contribution in [-0.2, 0) is 16.0 Å². The Morgan fingerprint density at radius 3 is 2.75 bits per heavy atom. The molecule has 4 nitrogen and oxygen atoms in total. The Bertz CT molecular complexity index is 522. The Labute approximate surface area is 119 Å². The summed E-state index contributed by atoms with van der Waals surface area (Å²) in [6.07, 6.45) is 2.76. The van der Waals surface area contributed by atoms with Gasteiger partial charge in [0.15, 0.2) is 0 Å². The smallest absolute Gasteiger partial charge is 0.305 e. The summed E-state index contributed by atoms with van der Waals surface area (Å²) in [7, 11) is 0. The number of aliphatic carboxylic acids is 1. The number of carbonyl (C=O) groups is 2. The molecule has 20 heavy (non-hydrogen) atoms. The summed E-state index contributed by atoms with van der Waals surface area (Å²) in [6.45, 7) is 3.49. The minimum Gasteiger partial charge on any atom is -0.481 e. The highest BCUT2D eigenvalue weighted by Gasteiger charge is 2.31. The first-order chi connectivity index (χ1) is 9.39. The van der Waals surface area contributed by atoms with Gasteiger partial charge >= 0.3 is 5.97 Å². The minimum absolute atomic E-state index is 0.0663. The van der Waals surface area contributed by atoms with Crippen molar-refractivity contribution >= 4 is 11.9 Å². The maximum Gasteiger partial charge on any atom is 0.305 e. The number of nitrogens with one attached hydrogen (secondary N) is 1. The lowest BCUT2D eigenvalue weighted by Crippen LogP contribution is -2.47. The zero-order chi connectivity index (χ0) is 14.8. The Morgan fingerprint density at radius 1 is 1.35 bits per heavy atom. The molecule has 1 aromatic rings. The molecule has 0 aliphatic heterocycles. The Balaban J connectivity index is 2.13.